The van der Waals surface area contributed by atoms with Crippen LogP contribution in [0.4, 0.5) is 5.69 Å². The molecule has 31 heavy (non-hydrogen) atoms. The second-order valence-electron chi connectivity index (χ2n) is 8.27. The van der Waals surface area contributed by atoms with E-state index < -0.39 is 0 Å². The van der Waals surface area contributed by atoms with Crippen LogP contribution in [-0.4, -0.2) is 0 Å². The molecule has 0 bridgehead atoms. The van der Waals surface area contributed by atoms with Crippen molar-refractivity contribution in [3.8, 4) is 11.8 Å². The highest BCUT2D eigenvalue weighted by atomic mass is 15.1. The van der Waals surface area contributed by atoms with Gasteiger partial charge in [0.15, 0.2) is 0 Å². The maximum absolute atomic E-state index is 4.44. The first kappa shape index (κ1) is 24.5. The van der Waals surface area contributed by atoms with Gasteiger partial charge in [-0.2, -0.15) is 0 Å². The minimum Gasteiger partial charge on any atom is -0.341 e. The SMILES string of the molecule is C=C(C)CCCCC(=C)N1Cc2ccccc2CCc2ccccc21.CCC#CCC. The van der Waals surface area contributed by atoms with Crippen LogP contribution in [0.3, 0.4) is 0 Å². The van der Waals surface area contributed by atoms with Gasteiger partial charge in [-0.05, 0) is 68.2 Å². The number of fused-ring (bicyclic) bond motifs is 2. The molecule has 0 spiro atoms. The maximum Gasteiger partial charge on any atom is 0.0481 e. The molecule has 1 heteroatoms. The molecule has 0 fully saturated rings. The van der Waals surface area contributed by atoms with Crippen molar-refractivity contribution in [3.05, 3.63) is 89.6 Å². The van der Waals surface area contributed by atoms with Gasteiger partial charge in [-0.3, -0.25) is 0 Å². The molecule has 2 aromatic rings. The molecule has 0 saturated carbocycles. The van der Waals surface area contributed by atoms with E-state index in [1.807, 2.05) is 0 Å². The van der Waals surface area contributed by atoms with Crippen LogP contribution in [0.15, 0.2) is 73.0 Å². The van der Waals surface area contributed by atoms with Gasteiger partial charge in [0.25, 0.3) is 0 Å². The van der Waals surface area contributed by atoms with Crippen molar-refractivity contribution >= 4 is 5.69 Å². The number of allylic oxidation sites excluding steroid dienone is 2. The minimum absolute atomic E-state index is 0.923. The van der Waals surface area contributed by atoms with E-state index in [0.717, 1.165) is 45.1 Å². The zero-order valence-electron chi connectivity index (χ0n) is 19.8. The summed E-state index contributed by atoms with van der Waals surface area (Å²) < 4.78 is 0. The number of hydrogen-bond donors (Lipinski definition) is 0. The van der Waals surface area contributed by atoms with Gasteiger partial charge in [0.1, 0.15) is 0 Å². The summed E-state index contributed by atoms with van der Waals surface area (Å²) in [6, 6.07) is 17.7. The Balaban J connectivity index is 0.000000501. The van der Waals surface area contributed by atoms with Gasteiger partial charge in [-0.1, -0.05) is 68.5 Å². The largest absolute Gasteiger partial charge is 0.341 e. The Labute approximate surface area is 190 Å². The summed E-state index contributed by atoms with van der Waals surface area (Å²) in [4.78, 5) is 2.44. The third kappa shape index (κ3) is 8.14. The Morgan fingerprint density at radius 2 is 1.35 bits per heavy atom. The van der Waals surface area contributed by atoms with E-state index in [1.54, 1.807) is 0 Å². The van der Waals surface area contributed by atoms with Crippen molar-refractivity contribution in [1.82, 2.24) is 0 Å². The molecule has 0 aliphatic carbocycles. The molecular formula is C30H39N. The van der Waals surface area contributed by atoms with Crippen molar-refractivity contribution in [1.29, 1.82) is 0 Å². The summed E-state index contributed by atoms with van der Waals surface area (Å²) in [7, 11) is 0. The average Bonchev–Trinajstić information content (AvgIpc) is 2.77. The molecule has 0 aromatic heterocycles. The molecule has 2 aromatic carbocycles. The molecule has 164 valence electrons. The number of para-hydroxylation sites is 1. The van der Waals surface area contributed by atoms with Crippen LogP contribution in [0, 0.1) is 11.8 Å². The van der Waals surface area contributed by atoms with Gasteiger partial charge in [0.2, 0.25) is 0 Å². The lowest BCUT2D eigenvalue weighted by Gasteiger charge is -2.32. The Morgan fingerprint density at radius 1 is 0.806 bits per heavy atom. The highest BCUT2D eigenvalue weighted by molar-refractivity contribution is 5.59. The summed E-state index contributed by atoms with van der Waals surface area (Å²) in [5, 5.41) is 0. The lowest BCUT2D eigenvalue weighted by Crippen LogP contribution is -2.25. The summed E-state index contributed by atoms with van der Waals surface area (Å²) >= 11 is 0. The second-order valence-corrected chi connectivity index (χ2v) is 8.27. The normalized spacial score (nSPS) is 12.0. The topological polar surface area (TPSA) is 3.24 Å². The maximum atomic E-state index is 4.44. The number of hydrogen-bond acceptors (Lipinski definition) is 1. The van der Waals surface area contributed by atoms with Gasteiger partial charge in [0.05, 0.1) is 0 Å². The highest BCUT2D eigenvalue weighted by Crippen LogP contribution is 2.32. The number of benzene rings is 2. The molecular weight excluding hydrogens is 374 g/mol. The third-order valence-corrected chi connectivity index (χ3v) is 5.57. The molecule has 0 saturated heterocycles. The van der Waals surface area contributed by atoms with Gasteiger partial charge < -0.3 is 4.90 Å². The summed E-state index contributed by atoms with van der Waals surface area (Å²) in [5.74, 6) is 5.90. The molecule has 0 radical (unpaired) electrons. The fourth-order valence-electron chi connectivity index (χ4n) is 3.89. The smallest absolute Gasteiger partial charge is 0.0481 e. The van der Waals surface area contributed by atoms with Crippen LogP contribution in [0.2, 0.25) is 0 Å². The fourth-order valence-corrected chi connectivity index (χ4v) is 3.89. The number of anilines is 1. The zero-order chi connectivity index (χ0) is 22.5. The zero-order valence-corrected chi connectivity index (χ0v) is 19.8. The summed E-state index contributed by atoms with van der Waals surface area (Å²) in [6.07, 6.45) is 8.73. The van der Waals surface area contributed by atoms with Crippen molar-refractivity contribution in [2.75, 3.05) is 4.90 Å². The molecule has 0 N–H and O–H groups in total. The molecule has 0 amide bonds. The lowest BCUT2D eigenvalue weighted by molar-refractivity contribution is 0.699. The van der Waals surface area contributed by atoms with E-state index in [1.165, 1.54) is 46.5 Å². The summed E-state index contributed by atoms with van der Waals surface area (Å²) in [5.41, 5.74) is 8.17. The standard InChI is InChI=1S/C24H29N.C6H10/c1-19(2)10-4-5-11-20(3)25-18-23-14-7-6-12-21(23)16-17-22-13-8-9-15-24(22)25;1-3-5-6-4-2/h6-9,12-15H,1,3-5,10-11,16-18H2,2H3;3-4H2,1-2H3. The molecule has 1 aliphatic heterocycles. The van der Waals surface area contributed by atoms with Crippen molar-refractivity contribution < 1.29 is 0 Å². The van der Waals surface area contributed by atoms with Crippen LogP contribution in [0.25, 0.3) is 0 Å². The molecule has 1 nitrogen and oxygen atoms in total. The molecule has 1 aliphatic rings. The molecule has 0 unspecified atom stereocenters. The highest BCUT2D eigenvalue weighted by Gasteiger charge is 2.18. The van der Waals surface area contributed by atoms with Crippen molar-refractivity contribution in [3.63, 3.8) is 0 Å². The number of nitrogens with zero attached hydrogens (tertiary/aromatic N) is 1. The van der Waals surface area contributed by atoms with E-state index >= 15 is 0 Å². The van der Waals surface area contributed by atoms with Gasteiger partial charge in [0, 0.05) is 30.8 Å². The second kappa shape index (κ2) is 13.6. The first-order valence-electron chi connectivity index (χ1n) is 11.8. The predicted molar refractivity (Wildman–Crippen MR) is 137 cm³/mol. The molecule has 1 heterocycles. The van der Waals surface area contributed by atoms with E-state index in [4.69, 9.17) is 0 Å². The fraction of sp³-hybridized carbons (Fsp3) is 0.400. The quantitative estimate of drug-likeness (QED) is 0.262. The van der Waals surface area contributed by atoms with Gasteiger partial charge >= 0.3 is 0 Å². The van der Waals surface area contributed by atoms with E-state index in [2.05, 4.69) is 99.2 Å². The Hall–Kier alpha value is -2.72. The first-order chi connectivity index (χ1) is 15.1. The van der Waals surface area contributed by atoms with Crippen LogP contribution in [0.1, 0.15) is 76.0 Å². The Morgan fingerprint density at radius 3 is 2.00 bits per heavy atom. The average molecular weight is 414 g/mol. The third-order valence-electron chi connectivity index (χ3n) is 5.57. The monoisotopic (exact) mass is 413 g/mol. The van der Waals surface area contributed by atoms with Crippen LogP contribution >= 0.6 is 0 Å². The number of aryl methyl sites for hydroxylation is 2. The molecule has 0 atom stereocenters. The van der Waals surface area contributed by atoms with Crippen LogP contribution in [-0.2, 0) is 19.4 Å². The van der Waals surface area contributed by atoms with Gasteiger partial charge in [-0.15, -0.1) is 18.4 Å². The molecule has 3 rings (SSSR count). The Bertz CT molecular complexity index is 901. The summed E-state index contributed by atoms with van der Waals surface area (Å²) in [6.45, 7) is 15.6. The van der Waals surface area contributed by atoms with E-state index in [0.29, 0.717) is 0 Å². The van der Waals surface area contributed by atoms with Gasteiger partial charge in [-0.25, -0.2) is 0 Å². The van der Waals surface area contributed by atoms with Crippen molar-refractivity contribution in [2.45, 2.75) is 78.7 Å². The predicted octanol–water partition coefficient (Wildman–Crippen LogP) is 8.25. The Kier molecular flexibility index (Phi) is 10.7. The van der Waals surface area contributed by atoms with E-state index in [9.17, 15) is 0 Å². The lowest BCUT2D eigenvalue weighted by atomic mass is 9.95. The van der Waals surface area contributed by atoms with Crippen LogP contribution in [0.5, 0.6) is 0 Å². The van der Waals surface area contributed by atoms with E-state index in [-0.39, 0.29) is 0 Å². The van der Waals surface area contributed by atoms with Crippen molar-refractivity contribution in [2.24, 2.45) is 0 Å². The first-order valence-corrected chi connectivity index (χ1v) is 11.8. The minimum atomic E-state index is 0.923. The van der Waals surface area contributed by atoms with Crippen LogP contribution < -0.4 is 4.90 Å². The number of rotatable bonds is 6. The number of unbranched alkanes of at least 4 members (excludes halogenated alkanes) is 1.